The average molecular weight is 595 g/mol. The Hall–Kier alpha value is -4.42. The molecule has 0 spiro atoms. The second-order valence-electron chi connectivity index (χ2n) is 13.9. The van der Waals surface area contributed by atoms with Gasteiger partial charge in [-0.2, -0.15) is 0 Å². The Morgan fingerprint density at radius 3 is 2.20 bits per heavy atom. The SMILES string of the molecule is C1=CCC2CCC(C3=c4ccccc4=C(C4=CC=C(C5=c6cccc7c6=C(CC5)c5ccccc5-7)CC4)C=CCCCC3)=CC2=C1. The molecule has 0 aliphatic heterocycles. The van der Waals surface area contributed by atoms with Gasteiger partial charge in [-0.05, 0) is 159 Å². The topological polar surface area (TPSA) is 0 Å². The van der Waals surface area contributed by atoms with Crippen LogP contribution in [0.4, 0.5) is 0 Å². The van der Waals surface area contributed by atoms with Gasteiger partial charge in [0, 0.05) is 0 Å². The summed E-state index contributed by atoms with van der Waals surface area (Å²) in [7, 11) is 0. The average Bonchev–Trinajstić information content (AvgIpc) is 3.45. The molecule has 0 saturated carbocycles. The number of hydrogen-bond acceptors (Lipinski definition) is 0. The third kappa shape index (κ3) is 4.73. The Morgan fingerprint density at radius 2 is 1.28 bits per heavy atom. The van der Waals surface area contributed by atoms with Crippen LogP contribution in [0.1, 0.15) is 76.2 Å². The number of rotatable bonds is 3. The van der Waals surface area contributed by atoms with E-state index in [2.05, 4.69) is 115 Å². The number of fused-ring (bicyclic) bond motifs is 5. The summed E-state index contributed by atoms with van der Waals surface area (Å²) in [5, 5.41) is 5.86. The van der Waals surface area contributed by atoms with Gasteiger partial charge >= 0.3 is 0 Å². The van der Waals surface area contributed by atoms with Crippen LogP contribution in [0.5, 0.6) is 0 Å². The third-order valence-corrected chi connectivity index (χ3v) is 11.4. The van der Waals surface area contributed by atoms with Crippen LogP contribution in [0.3, 0.4) is 0 Å². The lowest BCUT2D eigenvalue weighted by atomic mass is 9.78. The van der Waals surface area contributed by atoms with E-state index in [1.807, 2.05) is 0 Å². The Bertz CT molecular complexity index is 2220. The summed E-state index contributed by atoms with van der Waals surface area (Å²) in [6.07, 6.45) is 32.4. The van der Waals surface area contributed by atoms with E-state index >= 15 is 0 Å². The first-order valence-corrected chi connectivity index (χ1v) is 17.8. The fraction of sp³-hybridized carbons (Fsp3) is 0.261. The molecule has 6 aliphatic carbocycles. The van der Waals surface area contributed by atoms with Crippen molar-refractivity contribution in [1.82, 2.24) is 0 Å². The largest absolute Gasteiger partial charge is 0.0839 e. The molecule has 0 fully saturated rings. The predicted octanol–water partition coefficient (Wildman–Crippen LogP) is 8.81. The van der Waals surface area contributed by atoms with Crippen molar-refractivity contribution < 1.29 is 0 Å². The van der Waals surface area contributed by atoms with E-state index in [0.29, 0.717) is 5.92 Å². The lowest BCUT2D eigenvalue weighted by molar-refractivity contribution is 0.557. The van der Waals surface area contributed by atoms with Gasteiger partial charge in [-0.15, -0.1) is 0 Å². The molecule has 0 heterocycles. The monoisotopic (exact) mass is 594 g/mol. The molecule has 226 valence electrons. The molecule has 0 heteroatoms. The molecule has 0 nitrogen and oxygen atoms in total. The van der Waals surface area contributed by atoms with Crippen molar-refractivity contribution in [3.63, 3.8) is 0 Å². The number of allylic oxidation sites excluding steroid dienone is 12. The highest BCUT2D eigenvalue weighted by molar-refractivity contribution is 5.92. The van der Waals surface area contributed by atoms with Gasteiger partial charge in [0.05, 0.1) is 0 Å². The van der Waals surface area contributed by atoms with Crippen molar-refractivity contribution in [3.05, 3.63) is 164 Å². The summed E-state index contributed by atoms with van der Waals surface area (Å²) < 4.78 is 0. The molecule has 6 aliphatic rings. The Balaban J connectivity index is 1.19. The first kappa shape index (κ1) is 27.9. The van der Waals surface area contributed by atoms with Crippen LogP contribution in [0.25, 0.3) is 33.4 Å². The van der Waals surface area contributed by atoms with E-state index in [0.717, 1.165) is 32.1 Å². The highest BCUT2D eigenvalue weighted by atomic mass is 14.3. The zero-order valence-corrected chi connectivity index (χ0v) is 26.8. The van der Waals surface area contributed by atoms with Crippen molar-refractivity contribution in [1.29, 1.82) is 0 Å². The van der Waals surface area contributed by atoms with Crippen LogP contribution in [-0.4, -0.2) is 0 Å². The van der Waals surface area contributed by atoms with Gasteiger partial charge < -0.3 is 0 Å². The van der Waals surface area contributed by atoms with Crippen LogP contribution in [0.15, 0.2) is 138 Å². The normalized spacial score (nSPS) is 21.8. The summed E-state index contributed by atoms with van der Waals surface area (Å²) >= 11 is 0. The van der Waals surface area contributed by atoms with E-state index in [1.165, 1.54) is 92.8 Å². The van der Waals surface area contributed by atoms with Gasteiger partial charge in [0.2, 0.25) is 0 Å². The van der Waals surface area contributed by atoms with Crippen LogP contribution in [0.2, 0.25) is 0 Å². The van der Waals surface area contributed by atoms with Crippen molar-refractivity contribution >= 4 is 22.3 Å². The predicted molar refractivity (Wildman–Crippen MR) is 194 cm³/mol. The van der Waals surface area contributed by atoms with E-state index in [1.54, 1.807) is 27.9 Å². The molecule has 3 aromatic rings. The number of benzene rings is 3. The van der Waals surface area contributed by atoms with Crippen molar-refractivity contribution in [2.24, 2.45) is 5.92 Å². The molecular formula is C46H42. The lowest BCUT2D eigenvalue weighted by Gasteiger charge is -2.27. The fourth-order valence-corrected chi connectivity index (χ4v) is 9.13. The molecule has 1 unspecified atom stereocenters. The Labute approximate surface area is 273 Å². The van der Waals surface area contributed by atoms with Gasteiger partial charge in [0.25, 0.3) is 0 Å². The second kappa shape index (κ2) is 11.7. The van der Waals surface area contributed by atoms with E-state index in [9.17, 15) is 0 Å². The molecule has 0 radical (unpaired) electrons. The quantitative estimate of drug-likeness (QED) is 0.284. The second-order valence-corrected chi connectivity index (χ2v) is 13.9. The molecule has 0 bridgehead atoms. The van der Waals surface area contributed by atoms with Gasteiger partial charge in [-0.25, -0.2) is 0 Å². The highest BCUT2D eigenvalue weighted by Crippen LogP contribution is 2.39. The minimum Gasteiger partial charge on any atom is -0.0839 e. The number of hydrogen-bond donors (Lipinski definition) is 0. The molecule has 46 heavy (non-hydrogen) atoms. The Morgan fingerprint density at radius 1 is 0.522 bits per heavy atom. The maximum Gasteiger partial charge on any atom is -0.00639 e. The molecule has 1 atom stereocenters. The molecule has 0 N–H and O–H groups in total. The molecule has 0 amide bonds. The van der Waals surface area contributed by atoms with Gasteiger partial charge in [0.1, 0.15) is 0 Å². The first-order chi connectivity index (χ1) is 22.8. The summed E-state index contributed by atoms with van der Waals surface area (Å²) in [6, 6.07) is 25.3. The van der Waals surface area contributed by atoms with Crippen molar-refractivity contribution in [2.75, 3.05) is 0 Å². The zero-order chi connectivity index (χ0) is 30.5. The van der Waals surface area contributed by atoms with E-state index < -0.39 is 0 Å². The minimum absolute atomic E-state index is 0.710. The maximum atomic E-state index is 2.56. The standard InChI is InChI=1S/C46H42/c1-2-4-15-37(35-27-22-31-12-5-6-13-34(31)30-35)40-17-8-7-16-39(40)36(14-3-1)32-23-25-33(26-24-32)38-28-29-45-42-19-10-9-18-41(42)44-21-11-20-43(38)46(44)45/h3,5-11,13-14,16-21,23,25,30-31H,1-2,4,12,15,22,24,26-29H2. The maximum absolute atomic E-state index is 2.56. The molecule has 0 saturated heterocycles. The molecule has 9 rings (SSSR count). The van der Waals surface area contributed by atoms with Crippen LogP contribution in [-0.2, 0) is 0 Å². The molecule has 3 aromatic carbocycles. The first-order valence-electron chi connectivity index (χ1n) is 17.8. The smallest absolute Gasteiger partial charge is 0.00639 e. The molecule has 0 aromatic heterocycles. The van der Waals surface area contributed by atoms with Crippen LogP contribution >= 0.6 is 0 Å². The van der Waals surface area contributed by atoms with Crippen molar-refractivity contribution in [2.45, 2.75) is 70.6 Å². The van der Waals surface area contributed by atoms with Gasteiger partial charge in [-0.1, -0.05) is 115 Å². The van der Waals surface area contributed by atoms with Crippen molar-refractivity contribution in [3.8, 4) is 11.1 Å². The summed E-state index contributed by atoms with van der Waals surface area (Å²) in [5.74, 6) is 0.710. The minimum atomic E-state index is 0.710. The third-order valence-electron chi connectivity index (χ3n) is 11.4. The zero-order valence-electron chi connectivity index (χ0n) is 26.8. The fourth-order valence-electron chi connectivity index (χ4n) is 9.13. The lowest BCUT2D eigenvalue weighted by Crippen LogP contribution is -2.32. The summed E-state index contributed by atoms with van der Waals surface area (Å²) in [5.41, 5.74) is 16.6. The molecular weight excluding hydrogens is 553 g/mol. The summed E-state index contributed by atoms with van der Waals surface area (Å²) in [4.78, 5) is 0. The van der Waals surface area contributed by atoms with Gasteiger partial charge in [-0.3, -0.25) is 0 Å². The van der Waals surface area contributed by atoms with E-state index in [4.69, 9.17) is 0 Å². The Kier molecular flexibility index (Phi) is 7.11. The van der Waals surface area contributed by atoms with Gasteiger partial charge in [0.15, 0.2) is 0 Å². The highest BCUT2D eigenvalue weighted by Gasteiger charge is 2.26. The van der Waals surface area contributed by atoms with Crippen LogP contribution < -0.4 is 20.9 Å². The summed E-state index contributed by atoms with van der Waals surface area (Å²) in [6.45, 7) is 0. The van der Waals surface area contributed by atoms with Crippen LogP contribution in [0, 0.1) is 5.92 Å². The van der Waals surface area contributed by atoms with E-state index in [-0.39, 0.29) is 0 Å².